The zero-order valence-electron chi connectivity index (χ0n) is 9.73. The van der Waals surface area contributed by atoms with Crippen molar-refractivity contribution >= 4 is 0 Å². The van der Waals surface area contributed by atoms with Crippen molar-refractivity contribution in [3.8, 4) is 28.4 Å². The molecule has 0 aromatic heterocycles. The SMILES string of the molecule is Cc1ccc(-c2cc(O)cc(O)c2)c(C)c1O. The Balaban J connectivity index is 2.64. The van der Waals surface area contributed by atoms with Gasteiger partial charge in [-0.25, -0.2) is 0 Å². The van der Waals surface area contributed by atoms with Gasteiger partial charge in [0.2, 0.25) is 0 Å². The second-order valence-electron chi connectivity index (χ2n) is 4.14. The van der Waals surface area contributed by atoms with Crippen molar-refractivity contribution < 1.29 is 15.3 Å². The van der Waals surface area contributed by atoms with Crippen molar-refractivity contribution in [2.24, 2.45) is 0 Å². The summed E-state index contributed by atoms with van der Waals surface area (Å²) in [4.78, 5) is 0. The molecule has 0 unspecified atom stereocenters. The zero-order chi connectivity index (χ0) is 12.6. The van der Waals surface area contributed by atoms with Gasteiger partial charge in [-0.05, 0) is 48.2 Å². The smallest absolute Gasteiger partial charge is 0.122 e. The number of aromatic hydroxyl groups is 3. The molecular formula is C14H14O3. The summed E-state index contributed by atoms with van der Waals surface area (Å²) < 4.78 is 0. The number of hydrogen-bond acceptors (Lipinski definition) is 3. The number of aryl methyl sites for hydroxylation is 1. The lowest BCUT2D eigenvalue weighted by Gasteiger charge is -2.10. The van der Waals surface area contributed by atoms with Crippen LogP contribution in [0.2, 0.25) is 0 Å². The van der Waals surface area contributed by atoms with Crippen LogP contribution in [0.15, 0.2) is 30.3 Å². The molecule has 2 aromatic rings. The van der Waals surface area contributed by atoms with Crippen LogP contribution in [-0.4, -0.2) is 15.3 Å². The zero-order valence-corrected chi connectivity index (χ0v) is 9.73. The van der Waals surface area contributed by atoms with E-state index in [1.54, 1.807) is 25.1 Å². The quantitative estimate of drug-likeness (QED) is 0.705. The molecule has 0 amide bonds. The molecule has 0 saturated heterocycles. The number of benzene rings is 2. The summed E-state index contributed by atoms with van der Waals surface area (Å²) in [6.07, 6.45) is 0. The summed E-state index contributed by atoms with van der Waals surface area (Å²) >= 11 is 0. The highest BCUT2D eigenvalue weighted by Gasteiger charge is 2.09. The Kier molecular flexibility index (Phi) is 2.68. The molecule has 0 heterocycles. The molecule has 0 fully saturated rings. The maximum Gasteiger partial charge on any atom is 0.122 e. The van der Waals surface area contributed by atoms with Gasteiger partial charge in [0, 0.05) is 6.07 Å². The molecule has 0 saturated carbocycles. The highest BCUT2D eigenvalue weighted by atomic mass is 16.3. The van der Waals surface area contributed by atoms with Gasteiger partial charge in [0.25, 0.3) is 0 Å². The van der Waals surface area contributed by atoms with Gasteiger partial charge in [0.05, 0.1) is 0 Å². The van der Waals surface area contributed by atoms with Gasteiger partial charge in [-0.15, -0.1) is 0 Å². The van der Waals surface area contributed by atoms with Crippen LogP contribution in [0.4, 0.5) is 0 Å². The van der Waals surface area contributed by atoms with Crippen molar-refractivity contribution in [3.05, 3.63) is 41.5 Å². The Hall–Kier alpha value is -2.16. The van der Waals surface area contributed by atoms with Gasteiger partial charge >= 0.3 is 0 Å². The number of rotatable bonds is 1. The van der Waals surface area contributed by atoms with E-state index in [9.17, 15) is 15.3 Å². The van der Waals surface area contributed by atoms with Gasteiger partial charge in [0.15, 0.2) is 0 Å². The summed E-state index contributed by atoms with van der Waals surface area (Å²) in [6, 6.07) is 8.04. The van der Waals surface area contributed by atoms with Crippen molar-refractivity contribution in [1.29, 1.82) is 0 Å². The van der Waals surface area contributed by atoms with Crippen molar-refractivity contribution in [3.63, 3.8) is 0 Å². The molecule has 0 aliphatic carbocycles. The topological polar surface area (TPSA) is 60.7 Å². The van der Waals surface area contributed by atoms with Crippen LogP contribution in [0.25, 0.3) is 11.1 Å². The highest BCUT2D eigenvalue weighted by molar-refractivity contribution is 5.73. The fourth-order valence-corrected chi connectivity index (χ4v) is 1.90. The van der Waals surface area contributed by atoms with E-state index < -0.39 is 0 Å². The minimum atomic E-state index is -0.000496. The molecule has 0 aliphatic heterocycles. The van der Waals surface area contributed by atoms with E-state index >= 15 is 0 Å². The van der Waals surface area contributed by atoms with Crippen LogP contribution in [0.1, 0.15) is 11.1 Å². The van der Waals surface area contributed by atoms with Crippen LogP contribution in [0, 0.1) is 13.8 Å². The van der Waals surface area contributed by atoms with E-state index in [2.05, 4.69) is 0 Å². The molecule has 0 bridgehead atoms. The second kappa shape index (κ2) is 4.01. The molecule has 0 radical (unpaired) electrons. The first-order chi connectivity index (χ1) is 7.99. The summed E-state index contributed by atoms with van der Waals surface area (Å²) in [5.74, 6) is 0.240. The summed E-state index contributed by atoms with van der Waals surface area (Å²) in [5.41, 5.74) is 3.00. The predicted octanol–water partition coefficient (Wildman–Crippen LogP) is 3.09. The van der Waals surface area contributed by atoms with Crippen molar-refractivity contribution in [2.75, 3.05) is 0 Å². The summed E-state index contributed by atoms with van der Waals surface area (Å²) in [7, 11) is 0. The average molecular weight is 230 g/mol. The van der Waals surface area contributed by atoms with Gasteiger partial charge in [-0.3, -0.25) is 0 Å². The van der Waals surface area contributed by atoms with Gasteiger partial charge in [0.1, 0.15) is 17.2 Å². The van der Waals surface area contributed by atoms with E-state index in [1.807, 2.05) is 13.0 Å². The molecule has 88 valence electrons. The molecular weight excluding hydrogens is 216 g/mol. The van der Waals surface area contributed by atoms with Gasteiger partial charge < -0.3 is 15.3 Å². The van der Waals surface area contributed by atoms with Crippen molar-refractivity contribution in [1.82, 2.24) is 0 Å². The molecule has 17 heavy (non-hydrogen) atoms. The van der Waals surface area contributed by atoms with Gasteiger partial charge in [-0.2, -0.15) is 0 Å². The predicted molar refractivity (Wildman–Crippen MR) is 66.3 cm³/mol. The molecule has 3 heteroatoms. The largest absolute Gasteiger partial charge is 0.508 e. The lowest BCUT2D eigenvalue weighted by atomic mass is 9.97. The third-order valence-corrected chi connectivity index (χ3v) is 2.85. The van der Waals surface area contributed by atoms with E-state index in [0.717, 1.165) is 16.7 Å². The number of phenolic OH excluding ortho intramolecular Hbond substituents is 3. The van der Waals surface area contributed by atoms with E-state index in [4.69, 9.17) is 0 Å². The third kappa shape index (κ3) is 2.04. The Labute approximate surface area is 99.6 Å². The average Bonchev–Trinajstić information content (AvgIpc) is 2.24. The molecule has 2 aromatic carbocycles. The number of phenols is 3. The summed E-state index contributed by atoms with van der Waals surface area (Å²) in [6.45, 7) is 3.63. The van der Waals surface area contributed by atoms with E-state index in [0.29, 0.717) is 5.56 Å². The van der Waals surface area contributed by atoms with Crippen LogP contribution >= 0.6 is 0 Å². The van der Waals surface area contributed by atoms with Crippen LogP contribution in [0.5, 0.6) is 17.2 Å². The van der Waals surface area contributed by atoms with Gasteiger partial charge in [-0.1, -0.05) is 12.1 Å². The summed E-state index contributed by atoms with van der Waals surface area (Å²) in [5, 5.41) is 28.8. The van der Waals surface area contributed by atoms with E-state index in [-0.39, 0.29) is 17.2 Å². The Morgan fingerprint density at radius 3 is 2.00 bits per heavy atom. The lowest BCUT2D eigenvalue weighted by molar-refractivity contribution is 0.451. The maximum absolute atomic E-state index is 9.86. The first kappa shape index (κ1) is 11.3. The minimum absolute atomic E-state index is 0.000496. The standard InChI is InChI=1S/C14H14O3/c1-8-3-4-13(9(2)14(8)17)10-5-11(15)7-12(16)6-10/h3-7,15-17H,1-2H3. The fourth-order valence-electron chi connectivity index (χ4n) is 1.90. The first-order valence-corrected chi connectivity index (χ1v) is 5.31. The highest BCUT2D eigenvalue weighted by Crippen LogP contribution is 2.35. The Bertz CT molecular complexity index is 554. The third-order valence-electron chi connectivity index (χ3n) is 2.85. The molecule has 0 atom stereocenters. The molecule has 3 N–H and O–H groups in total. The monoisotopic (exact) mass is 230 g/mol. The fraction of sp³-hybridized carbons (Fsp3) is 0.143. The molecule has 0 spiro atoms. The van der Waals surface area contributed by atoms with Crippen LogP contribution in [-0.2, 0) is 0 Å². The van der Waals surface area contributed by atoms with Crippen LogP contribution in [0.3, 0.4) is 0 Å². The van der Waals surface area contributed by atoms with Crippen molar-refractivity contribution in [2.45, 2.75) is 13.8 Å². The number of hydrogen-bond donors (Lipinski definition) is 3. The van der Waals surface area contributed by atoms with Crippen LogP contribution < -0.4 is 0 Å². The minimum Gasteiger partial charge on any atom is -0.508 e. The molecule has 2 rings (SSSR count). The Morgan fingerprint density at radius 1 is 0.824 bits per heavy atom. The molecule has 3 nitrogen and oxygen atoms in total. The molecule has 0 aliphatic rings. The normalized spacial score (nSPS) is 10.5. The second-order valence-corrected chi connectivity index (χ2v) is 4.14. The first-order valence-electron chi connectivity index (χ1n) is 5.31. The van der Waals surface area contributed by atoms with E-state index in [1.165, 1.54) is 6.07 Å². The maximum atomic E-state index is 9.86. The Morgan fingerprint density at radius 2 is 1.41 bits per heavy atom. The lowest BCUT2D eigenvalue weighted by Crippen LogP contribution is -1.87.